The molecular formula is C26H25Cl2N3O6. The summed E-state index contributed by atoms with van der Waals surface area (Å²) in [6.45, 7) is 1.96. The molecule has 0 saturated carbocycles. The van der Waals surface area contributed by atoms with Gasteiger partial charge in [0.05, 0.1) is 32.1 Å². The van der Waals surface area contributed by atoms with Crippen molar-refractivity contribution in [1.82, 2.24) is 5.43 Å². The maximum absolute atomic E-state index is 12.5. The van der Waals surface area contributed by atoms with Crippen LogP contribution in [-0.2, 0) is 4.79 Å². The minimum atomic E-state index is -0.440. The Morgan fingerprint density at radius 3 is 2.32 bits per heavy atom. The summed E-state index contributed by atoms with van der Waals surface area (Å²) < 4.78 is 21.7. The summed E-state index contributed by atoms with van der Waals surface area (Å²) in [6.07, 6.45) is 1.40. The molecule has 3 rings (SSSR count). The normalized spacial score (nSPS) is 10.6. The number of hydrazone groups is 1. The van der Waals surface area contributed by atoms with Gasteiger partial charge in [0.25, 0.3) is 11.8 Å². The number of hydrogen-bond acceptors (Lipinski definition) is 7. The highest BCUT2D eigenvalue weighted by molar-refractivity contribution is 6.32. The molecule has 0 spiro atoms. The molecule has 0 aliphatic rings. The fourth-order valence-corrected chi connectivity index (χ4v) is 3.54. The molecule has 0 bridgehead atoms. The summed E-state index contributed by atoms with van der Waals surface area (Å²) in [4.78, 5) is 24.7. The number of amides is 2. The fraction of sp³-hybridized carbons (Fsp3) is 0.192. The lowest BCUT2D eigenvalue weighted by molar-refractivity contribution is -0.118. The van der Waals surface area contributed by atoms with Crippen LogP contribution >= 0.6 is 23.2 Å². The quantitative estimate of drug-likeness (QED) is 0.253. The van der Waals surface area contributed by atoms with Gasteiger partial charge in [0.2, 0.25) is 0 Å². The number of carbonyl (C=O) groups excluding carboxylic acids is 2. The van der Waals surface area contributed by atoms with E-state index in [0.29, 0.717) is 39.9 Å². The van der Waals surface area contributed by atoms with E-state index in [1.165, 1.54) is 20.4 Å². The lowest BCUT2D eigenvalue weighted by Gasteiger charge is -2.13. The second-order valence-electron chi connectivity index (χ2n) is 7.38. The van der Waals surface area contributed by atoms with Crippen molar-refractivity contribution in [3.63, 3.8) is 0 Å². The first kappa shape index (κ1) is 27.6. The molecule has 11 heteroatoms. The third kappa shape index (κ3) is 7.77. The van der Waals surface area contributed by atoms with Crippen LogP contribution in [0.15, 0.2) is 59.7 Å². The van der Waals surface area contributed by atoms with Crippen molar-refractivity contribution >= 4 is 46.9 Å². The number of methoxy groups -OCH3 is 2. The Bertz CT molecular complexity index is 1280. The van der Waals surface area contributed by atoms with Gasteiger partial charge in [0, 0.05) is 16.3 Å². The average Bonchev–Trinajstić information content (AvgIpc) is 2.89. The van der Waals surface area contributed by atoms with E-state index in [0.717, 1.165) is 0 Å². The molecule has 0 aromatic heterocycles. The smallest absolute Gasteiger partial charge is 0.271 e. The monoisotopic (exact) mass is 545 g/mol. The number of nitrogens with zero attached hydrogens (tertiary/aromatic N) is 1. The molecule has 0 heterocycles. The Kier molecular flexibility index (Phi) is 10.00. The molecule has 0 radical (unpaired) electrons. The van der Waals surface area contributed by atoms with E-state index < -0.39 is 5.91 Å². The van der Waals surface area contributed by atoms with E-state index in [4.69, 9.17) is 42.1 Å². The summed E-state index contributed by atoms with van der Waals surface area (Å²) in [7, 11) is 2.96. The minimum Gasteiger partial charge on any atom is -0.493 e. The van der Waals surface area contributed by atoms with Gasteiger partial charge in [-0.15, -0.1) is 0 Å². The Morgan fingerprint density at radius 2 is 1.65 bits per heavy atom. The Hall–Kier alpha value is -3.95. The van der Waals surface area contributed by atoms with Crippen LogP contribution in [0, 0.1) is 0 Å². The van der Waals surface area contributed by atoms with Crippen molar-refractivity contribution in [2.45, 2.75) is 6.92 Å². The highest BCUT2D eigenvalue weighted by Gasteiger charge is 2.14. The third-order valence-electron chi connectivity index (χ3n) is 4.83. The van der Waals surface area contributed by atoms with Gasteiger partial charge in [-0.25, -0.2) is 5.43 Å². The van der Waals surface area contributed by atoms with Gasteiger partial charge in [0.15, 0.2) is 29.6 Å². The zero-order chi connectivity index (χ0) is 26.8. The molecule has 0 aliphatic heterocycles. The van der Waals surface area contributed by atoms with Crippen LogP contribution in [0.25, 0.3) is 0 Å². The number of carbonyl (C=O) groups is 2. The van der Waals surface area contributed by atoms with E-state index in [1.807, 2.05) is 6.92 Å². The molecule has 0 atom stereocenters. The van der Waals surface area contributed by atoms with E-state index in [9.17, 15) is 9.59 Å². The fourth-order valence-electron chi connectivity index (χ4n) is 3.14. The van der Waals surface area contributed by atoms with Crippen LogP contribution in [0.5, 0.6) is 23.0 Å². The number of anilines is 1. The van der Waals surface area contributed by atoms with Crippen LogP contribution < -0.4 is 29.7 Å². The number of rotatable bonds is 11. The Balaban J connectivity index is 1.63. The van der Waals surface area contributed by atoms with Gasteiger partial charge in [0.1, 0.15) is 0 Å². The molecular weight excluding hydrogens is 521 g/mol. The van der Waals surface area contributed by atoms with Gasteiger partial charge >= 0.3 is 0 Å². The van der Waals surface area contributed by atoms with Gasteiger partial charge in [-0.05, 0) is 67.1 Å². The number of nitrogens with one attached hydrogen (secondary N) is 2. The summed E-state index contributed by atoms with van der Waals surface area (Å²) in [5, 5.41) is 7.44. The molecule has 0 fully saturated rings. The second kappa shape index (κ2) is 13.4. The van der Waals surface area contributed by atoms with Crippen molar-refractivity contribution in [3.05, 3.63) is 75.8 Å². The molecule has 0 saturated heterocycles. The van der Waals surface area contributed by atoms with Crippen LogP contribution in [0.4, 0.5) is 5.69 Å². The Labute approximate surface area is 224 Å². The standard InChI is InChI=1S/C26H25Cl2N3O6/c1-4-36-22-13-17(5-10-21(22)34-2)26(33)31-29-14-16-11-20(28)25(23(12-16)35-3)37-15-24(32)30-19-8-6-18(27)7-9-19/h5-14H,4,15H2,1-3H3,(H,30,32)(H,31,33)/b29-14+. The van der Waals surface area contributed by atoms with Crippen LogP contribution in [0.3, 0.4) is 0 Å². The highest BCUT2D eigenvalue weighted by atomic mass is 35.5. The number of benzene rings is 3. The molecule has 3 aromatic carbocycles. The topological polar surface area (TPSA) is 107 Å². The summed E-state index contributed by atoms with van der Waals surface area (Å²) in [5.74, 6) is 0.628. The van der Waals surface area contributed by atoms with E-state index in [1.54, 1.807) is 54.6 Å². The maximum atomic E-state index is 12.5. The largest absolute Gasteiger partial charge is 0.493 e. The molecule has 0 aliphatic carbocycles. The number of ether oxygens (including phenoxy) is 4. The number of halogens is 2. The first-order valence-corrected chi connectivity index (χ1v) is 11.8. The lowest BCUT2D eigenvalue weighted by atomic mass is 10.2. The van der Waals surface area contributed by atoms with Gasteiger partial charge in [-0.3, -0.25) is 9.59 Å². The molecule has 3 aromatic rings. The zero-order valence-electron chi connectivity index (χ0n) is 20.3. The van der Waals surface area contributed by atoms with Crippen molar-refractivity contribution in [3.8, 4) is 23.0 Å². The van der Waals surface area contributed by atoms with E-state index >= 15 is 0 Å². The van der Waals surface area contributed by atoms with Gasteiger partial charge < -0.3 is 24.3 Å². The van der Waals surface area contributed by atoms with Crippen LogP contribution in [-0.4, -0.2) is 45.5 Å². The first-order valence-electron chi connectivity index (χ1n) is 11.0. The van der Waals surface area contributed by atoms with Crippen molar-refractivity contribution in [2.75, 3.05) is 32.8 Å². The van der Waals surface area contributed by atoms with Crippen LogP contribution in [0.2, 0.25) is 10.0 Å². The summed E-state index contributed by atoms with van der Waals surface area (Å²) in [6, 6.07) is 14.7. The second-order valence-corrected chi connectivity index (χ2v) is 8.22. The van der Waals surface area contributed by atoms with Crippen LogP contribution in [0.1, 0.15) is 22.8 Å². The van der Waals surface area contributed by atoms with Gasteiger partial charge in [-0.1, -0.05) is 23.2 Å². The molecule has 2 amide bonds. The lowest BCUT2D eigenvalue weighted by Crippen LogP contribution is -2.20. The maximum Gasteiger partial charge on any atom is 0.271 e. The van der Waals surface area contributed by atoms with Gasteiger partial charge in [-0.2, -0.15) is 5.10 Å². The molecule has 2 N–H and O–H groups in total. The zero-order valence-corrected chi connectivity index (χ0v) is 21.9. The Morgan fingerprint density at radius 1 is 0.919 bits per heavy atom. The summed E-state index contributed by atoms with van der Waals surface area (Å²) in [5.41, 5.74) is 3.90. The minimum absolute atomic E-state index is 0.193. The van der Waals surface area contributed by atoms with Crippen molar-refractivity contribution in [2.24, 2.45) is 5.10 Å². The van der Waals surface area contributed by atoms with E-state index in [-0.39, 0.29) is 29.0 Å². The molecule has 0 unspecified atom stereocenters. The summed E-state index contributed by atoms with van der Waals surface area (Å²) >= 11 is 12.2. The first-order chi connectivity index (χ1) is 17.8. The van der Waals surface area contributed by atoms with Crippen molar-refractivity contribution < 1.29 is 28.5 Å². The molecule has 194 valence electrons. The number of hydrogen-bond donors (Lipinski definition) is 2. The molecule has 37 heavy (non-hydrogen) atoms. The SMILES string of the molecule is CCOc1cc(C(=O)N/N=C/c2cc(Cl)c(OCC(=O)Nc3ccc(Cl)cc3)c(OC)c2)ccc1OC. The van der Waals surface area contributed by atoms with Crippen molar-refractivity contribution in [1.29, 1.82) is 0 Å². The third-order valence-corrected chi connectivity index (χ3v) is 5.37. The van der Waals surface area contributed by atoms with E-state index in [2.05, 4.69) is 15.8 Å². The average molecular weight is 546 g/mol. The predicted molar refractivity (Wildman–Crippen MR) is 143 cm³/mol. The predicted octanol–water partition coefficient (Wildman–Crippen LogP) is 5.19. The highest BCUT2D eigenvalue weighted by Crippen LogP contribution is 2.36. The molecule has 9 nitrogen and oxygen atoms in total.